The predicted molar refractivity (Wildman–Crippen MR) is 125 cm³/mol. The number of carbonyl (C=O) groups is 1. The van der Waals surface area contributed by atoms with Crippen molar-refractivity contribution in [3.8, 4) is 5.75 Å². The van der Waals surface area contributed by atoms with Crippen molar-refractivity contribution in [2.24, 2.45) is 0 Å². The minimum Gasteiger partial charge on any atom is -0.496 e. The summed E-state index contributed by atoms with van der Waals surface area (Å²) in [5.74, 6) is 1.58. The van der Waals surface area contributed by atoms with Gasteiger partial charge in [-0.3, -0.25) is 14.0 Å². The monoisotopic (exact) mass is 430 g/mol. The third kappa shape index (κ3) is 2.83. The maximum atomic E-state index is 13.1. The van der Waals surface area contributed by atoms with E-state index in [4.69, 9.17) is 4.74 Å². The molecular weight excluding hydrogens is 404 g/mol. The van der Waals surface area contributed by atoms with E-state index in [9.17, 15) is 9.59 Å². The number of ketones is 1. The van der Waals surface area contributed by atoms with E-state index in [1.807, 2.05) is 18.2 Å². The molecule has 0 atom stereocenters. The molecule has 7 nitrogen and oxygen atoms in total. The molecule has 1 saturated heterocycles. The maximum absolute atomic E-state index is 13.1. The number of nitrogens with zero attached hydrogens (tertiary/aromatic N) is 4. The third-order valence-electron chi connectivity index (χ3n) is 7.13. The average Bonchev–Trinajstić information content (AvgIpc) is 3.44. The van der Waals surface area contributed by atoms with Crippen LogP contribution in [0.3, 0.4) is 0 Å². The molecule has 0 bridgehead atoms. The lowest BCUT2D eigenvalue weighted by Gasteiger charge is -2.28. The molecular formula is C25H26N4O3. The van der Waals surface area contributed by atoms with Crippen LogP contribution in [0.2, 0.25) is 0 Å². The van der Waals surface area contributed by atoms with E-state index in [0.29, 0.717) is 41.6 Å². The molecule has 6 rings (SSSR count). The average molecular weight is 431 g/mol. The number of hydrogen-bond donors (Lipinski definition) is 0. The summed E-state index contributed by atoms with van der Waals surface area (Å²) in [6, 6.07) is 12.5. The highest BCUT2D eigenvalue weighted by atomic mass is 16.5. The highest BCUT2D eigenvalue weighted by Gasteiger charge is 2.26. The number of methoxy groups -OCH3 is 1. The summed E-state index contributed by atoms with van der Waals surface area (Å²) < 4.78 is 9.88. The first-order chi connectivity index (χ1) is 15.7. The first-order valence-corrected chi connectivity index (χ1v) is 11.5. The quantitative estimate of drug-likeness (QED) is 0.490. The van der Waals surface area contributed by atoms with E-state index in [-0.39, 0.29) is 5.56 Å². The Labute approximate surface area is 185 Å². The second-order valence-electron chi connectivity index (χ2n) is 8.91. The Hall–Kier alpha value is -3.35. The van der Waals surface area contributed by atoms with Gasteiger partial charge in [-0.25, -0.2) is 0 Å². The van der Waals surface area contributed by atoms with Crippen LogP contribution in [0.4, 0.5) is 5.69 Å². The molecule has 2 aromatic heterocycles. The van der Waals surface area contributed by atoms with Gasteiger partial charge in [0.15, 0.2) is 0 Å². The molecule has 1 aliphatic heterocycles. The zero-order chi connectivity index (χ0) is 21.8. The number of imidazole rings is 1. The summed E-state index contributed by atoms with van der Waals surface area (Å²) in [6.45, 7) is 1.51. The van der Waals surface area contributed by atoms with E-state index in [1.54, 1.807) is 7.11 Å². The number of anilines is 1. The van der Waals surface area contributed by atoms with Gasteiger partial charge in [0.25, 0.3) is 5.56 Å². The zero-order valence-corrected chi connectivity index (χ0v) is 18.2. The lowest BCUT2D eigenvalue weighted by atomic mass is 10.1. The molecule has 1 aliphatic carbocycles. The molecule has 1 saturated carbocycles. The molecule has 0 N–H and O–H groups in total. The molecule has 2 fully saturated rings. The molecule has 2 aliphatic rings. The maximum Gasteiger partial charge on any atom is 0.286 e. The summed E-state index contributed by atoms with van der Waals surface area (Å²) in [5, 5.41) is 0.511. The summed E-state index contributed by atoms with van der Waals surface area (Å²) in [6.07, 6.45) is 5.77. The Morgan fingerprint density at radius 1 is 0.969 bits per heavy atom. The van der Waals surface area contributed by atoms with Gasteiger partial charge in [-0.1, -0.05) is 18.9 Å². The summed E-state index contributed by atoms with van der Waals surface area (Å²) in [5.41, 5.74) is 3.81. The van der Waals surface area contributed by atoms with Gasteiger partial charge in [-0.15, -0.1) is 0 Å². The van der Waals surface area contributed by atoms with Gasteiger partial charge in [-0.2, -0.15) is 4.98 Å². The Balaban J connectivity index is 1.67. The Kier molecular flexibility index (Phi) is 4.45. The fourth-order valence-electron chi connectivity index (χ4n) is 5.53. The van der Waals surface area contributed by atoms with Crippen molar-refractivity contribution >= 4 is 39.2 Å². The van der Waals surface area contributed by atoms with Gasteiger partial charge >= 0.3 is 0 Å². The van der Waals surface area contributed by atoms with Crippen LogP contribution in [0.1, 0.15) is 44.6 Å². The fraction of sp³-hybridized carbons (Fsp3) is 0.400. The minimum absolute atomic E-state index is 0.255. The first-order valence-electron chi connectivity index (χ1n) is 11.5. The summed E-state index contributed by atoms with van der Waals surface area (Å²) >= 11 is 0. The topological polar surface area (TPSA) is 68.8 Å². The summed E-state index contributed by atoms with van der Waals surface area (Å²) in [4.78, 5) is 31.7. The van der Waals surface area contributed by atoms with Crippen molar-refractivity contribution in [2.45, 2.75) is 44.6 Å². The SMILES string of the molecule is COc1cccc2c1c(=O)nc1n(C3CCCC3)c3cc(N4CCC(=O)CC4)ccc3n21. The number of hydrogen-bond acceptors (Lipinski definition) is 5. The number of aromatic nitrogens is 3. The Morgan fingerprint density at radius 2 is 1.75 bits per heavy atom. The molecule has 0 radical (unpaired) electrons. The van der Waals surface area contributed by atoms with Crippen molar-refractivity contribution < 1.29 is 9.53 Å². The van der Waals surface area contributed by atoms with Crippen molar-refractivity contribution in [1.29, 1.82) is 0 Å². The van der Waals surface area contributed by atoms with Gasteiger partial charge < -0.3 is 14.2 Å². The van der Waals surface area contributed by atoms with E-state index < -0.39 is 0 Å². The van der Waals surface area contributed by atoms with Crippen LogP contribution in [-0.4, -0.2) is 39.9 Å². The zero-order valence-electron chi connectivity index (χ0n) is 18.2. The number of fused-ring (bicyclic) bond motifs is 5. The molecule has 0 spiro atoms. The minimum atomic E-state index is -0.255. The molecule has 4 aromatic rings. The lowest BCUT2D eigenvalue weighted by Crippen LogP contribution is -2.33. The van der Waals surface area contributed by atoms with Crippen molar-refractivity contribution in [1.82, 2.24) is 14.0 Å². The second-order valence-corrected chi connectivity index (χ2v) is 8.91. The van der Waals surface area contributed by atoms with Gasteiger partial charge in [0.1, 0.15) is 16.9 Å². The van der Waals surface area contributed by atoms with Crippen LogP contribution >= 0.6 is 0 Å². The van der Waals surface area contributed by atoms with Crippen LogP contribution in [0.15, 0.2) is 41.2 Å². The molecule has 2 aromatic carbocycles. The fourth-order valence-corrected chi connectivity index (χ4v) is 5.53. The van der Waals surface area contributed by atoms with Crippen LogP contribution in [-0.2, 0) is 4.79 Å². The van der Waals surface area contributed by atoms with Gasteiger partial charge in [-0.05, 0) is 43.2 Å². The summed E-state index contributed by atoms with van der Waals surface area (Å²) in [7, 11) is 1.58. The molecule has 0 unspecified atom stereocenters. The lowest BCUT2D eigenvalue weighted by molar-refractivity contribution is -0.119. The van der Waals surface area contributed by atoms with E-state index in [1.165, 1.54) is 12.8 Å². The van der Waals surface area contributed by atoms with Crippen LogP contribution < -0.4 is 15.2 Å². The van der Waals surface area contributed by atoms with Gasteiger partial charge in [0.2, 0.25) is 5.78 Å². The van der Waals surface area contributed by atoms with Gasteiger partial charge in [0, 0.05) is 37.7 Å². The molecule has 32 heavy (non-hydrogen) atoms. The second kappa shape index (κ2) is 7.36. The number of ether oxygens (including phenoxy) is 1. The molecule has 3 heterocycles. The predicted octanol–water partition coefficient (Wildman–Crippen LogP) is 4.10. The van der Waals surface area contributed by atoms with Crippen LogP contribution in [0.25, 0.3) is 27.7 Å². The smallest absolute Gasteiger partial charge is 0.286 e. The molecule has 164 valence electrons. The normalized spacial score (nSPS) is 17.8. The first kappa shape index (κ1) is 19.3. The Morgan fingerprint density at radius 3 is 2.50 bits per heavy atom. The third-order valence-corrected chi connectivity index (χ3v) is 7.13. The van der Waals surface area contributed by atoms with Crippen molar-refractivity contribution in [3.63, 3.8) is 0 Å². The molecule has 7 heteroatoms. The van der Waals surface area contributed by atoms with E-state index in [2.05, 4.69) is 37.1 Å². The number of rotatable bonds is 3. The molecule has 0 amide bonds. The largest absolute Gasteiger partial charge is 0.496 e. The van der Waals surface area contributed by atoms with Crippen molar-refractivity contribution in [3.05, 3.63) is 46.8 Å². The number of Topliss-reactive ketones (excluding diaryl/α,β-unsaturated/α-hetero) is 1. The van der Waals surface area contributed by atoms with E-state index in [0.717, 1.165) is 48.2 Å². The number of benzene rings is 2. The number of piperidine rings is 1. The Bertz CT molecular complexity index is 1420. The van der Waals surface area contributed by atoms with Crippen LogP contribution in [0.5, 0.6) is 5.75 Å². The number of carbonyl (C=O) groups excluding carboxylic acids is 1. The van der Waals surface area contributed by atoms with Gasteiger partial charge in [0.05, 0.1) is 23.7 Å². The van der Waals surface area contributed by atoms with Crippen molar-refractivity contribution in [2.75, 3.05) is 25.1 Å². The highest BCUT2D eigenvalue weighted by Crippen LogP contribution is 2.37. The highest BCUT2D eigenvalue weighted by molar-refractivity contribution is 5.93. The van der Waals surface area contributed by atoms with E-state index >= 15 is 0 Å². The van der Waals surface area contributed by atoms with Crippen LogP contribution in [0, 0.1) is 0 Å². The standard InChI is InChI=1S/C25H26N4O3/c1-32-22-8-4-7-20-23(22)24(31)26-25-28(16-5-2-3-6-16)21-15-17(9-10-19(21)29(20)25)27-13-11-18(30)12-14-27/h4,7-10,15-16H,2-3,5-6,11-14H2,1H3.